The van der Waals surface area contributed by atoms with E-state index in [1.807, 2.05) is 79.7 Å². The van der Waals surface area contributed by atoms with Gasteiger partial charge in [-0.3, -0.25) is 14.5 Å². The number of imide groups is 1. The minimum atomic E-state index is -0.320. The quantitative estimate of drug-likeness (QED) is 0.583. The second kappa shape index (κ2) is 8.88. The second-order valence-electron chi connectivity index (χ2n) is 7.47. The van der Waals surface area contributed by atoms with Crippen LogP contribution in [0.1, 0.15) is 16.7 Å². The molecule has 0 radical (unpaired) electrons. The van der Waals surface area contributed by atoms with Crippen molar-refractivity contribution in [2.24, 2.45) is 0 Å². The number of anilines is 1. The van der Waals surface area contributed by atoms with Crippen LogP contribution in [-0.2, 0) is 16.0 Å². The summed E-state index contributed by atoms with van der Waals surface area (Å²) in [6, 6.07) is 24.8. The lowest BCUT2D eigenvalue weighted by Crippen LogP contribution is -2.34. The van der Waals surface area contributed by atoms with Crippen molar-refractivity contribution in [3.63, 3.8) is 0 Å². The fourth-order valence-electron chi connectivity index (χ4n) is 3.61. The molecule has 3 aromatic rings. The molecule has 0 aromatic heterocycles. The van der Waals surface area contributed by atoms with Crippen LogP contribution >= 0.6 is 0 Å². The van der Waals surface area contributed by atoms with Crippen molar-refractivity contribution in [2.45, 2.75) is 13.3 Å². The molecule has 0 aliphatic carbocycles. The van der Waals surface area contributed by atoms with E-state index in [0.717, 1.165) is 16.7 Å². The van der Waals surface area contributed by atoms with E-state index in [0.29, 0.717) is 30.0 Å². The standard InChI is InChI=1S/C26H24N2O3/c1-18-11-13-20(14-12-18)23-24(27-21-9-6-10-22(17-21)31-2)26(30)28(25(23)29)16-15-19-7-4-3-5-8-19/h3-14,17,27H,15-16H2,1-2H3. The van der Waals surface area contributed by atoms with E-state index in [1.165, 1.54) is 4.90 Å². The van der Waals surface area contributed by atoms with Crippen molar-refractivity contribution >= 4 is 23.1 Å². The van der Waals surface area contributed by atoms with Gasteiger partial charge in [0.15, 0.2) is 0 Å². The number of methoxy groups -OCH3 is 1. The van der Waals surface area contributed by atoms with Crippen molar-refractivity contribution in [1.82, 2.24) is 4.90 Å². The maximum Gasteiger partial charge on any atom is 0.278 e. The Morgan fingerprint density at radius 3 is 2.32 bits per heavy atom. The number of aryl methyl sites for hydroxylation is 1. The van der Waals surface area contributed by atoms with Gasteiger partial charge >= 0.3 is 0 Å². The normalized spacial score (nSPS) is 13.7. The lowest BCUT2D eigenvalue weighted by molar-refractivity contribution is -0.136. The molecule has 5 heteroatoms. The molecule has 1 aliphatic heterocycles. The molecule has 0 bridgehead atoms. The van der Waals surface area contributed by atoms with Crippen molar-refractivity contribution in [2.75, 3.05) is 19.0 Å². The van der Waals surface area contributed by atoms with Crippen LogP contribution in [0.15, 0.2) is 84.6 Å². The van der Waals surface area contributed by atoms with E-state index in [4.69, 9.17) is 4.74 Å². The zero-order chi connectivity index (χ0) is 21.8. The van der Waals surface area contributed by atoms with Crippen molar-refractivity contribution < 1.29 is 14.3 Å². The summed E-state index contributed by atoms with van der Waals surface area (Å²) in [5.41, 5.74) is 4.25. The lowest BCUT2D eigenvalue weighted by Gasteiger charge is -2.15. The molecular weight excluding hydrogens is 388 g/mol. The smallest absolute Gasteiger partial charge is 0.278 e. The van der Waals surface area contributed by atoms with Gasteiger partial charge in [-0.2, -0.15) is 0 Å². The molecule has 1 aliphatic rings. The third-order valence-electron chi connectivity index (χ3n) is 5.31. The van der Waals surface area contributed by atoms with Gasteiger partial charge in [-0.05, 0) is 36.6 Å². The minimum Gasteiger partial charge on any atom is -0.497 e. The molecule has 0 saturated heterocycles. The van der Waals surface area contributed by atoms with Crippen LogP contribution in [0.2, 0.25) is 0 Å². The Balaban J connectivity index is 1.67. The second-order valence-corrected chi connectivity index (χ2v) is 7.47. The number of nitrogens with zero attached hydrogens (tertiary/aromatic N) is 1. The topological polar surface area (TPSA) is 58.6 Å². The maximum absolute atomic E-state index is 13.3. The number of amides is 2. The lowest BCUT2D eigenvalue weighted by atomic mass is 10.0. The Labute approximate surface area is 182 Å². The molecule has 2 amide bonds. The number of carbonyl (C=O) groups excluding carboxylic acids is 2. The Morgan fingerprint density at radius 2 is 1.61 bits per heavy atom. The molecule has 1 heterocycles. The summed E-state index contributed by atoms with van der Waals surface area (Å²) < 4.78 is 5.28. The minimum absolute atomic E-state index is 0.282. The molecule has 0 spiro atoms. The Kier molecular flexibility index (Phi) is 5.85. The largest absolute Gasteiger partial charge is 0.497 e. The third kappa shape index (κ3) is 4.36. The van der Waals surface area contributed by atoms with Gasteiger partial charge in [-0.15, -0.1) is 0 Å². The number of hydrogen-bond acceptors (Lipinski definition) is 4. The van der Waals surface area contributed by atoms with Crippen molar-refractivity contribution in [1.29, 1.82) is 0 Å². The van der Waals surface area contributed by atoms with Crippen LogP contribution in [-0.4, -0.2) is 30.4 Å². The van der Waals surface area contributed by atoms with E-state index in [9.17, 15) is 9.59 Å². The molecule has 4 rings (SSSR count). The molecule has 0 saturated carbocycles. The predicted molar refractivity (Wildman–Crippen MR) is 122 cm³/mol. The van der Waals surface area contributed by atoms with Gasteiger partial charge in [0.05, 0.1) is 12.7 Å². The average Bonchev–Trinajstić information content (AvgIpc) is 3.03. The number of hydrogen-bond donors (Lipinski definition) is 1. The van der Waals surface area contributed by atoms with Crippen LogP contribution in [0, 0.1) is 6.92 Å². The van der Waals surface area contributed by atoms with E-state index >= 15 is 0 Å². The van der Waals surface area contributed by atoms with Crippen LogP contribution in [0.25, 0.3) is 5.57 Å². The molecule has 5 nitrogen and oxygen atoms in total. The van der Waals surface area contributed by atoms with Crippen LogP contribution < -0.4 is 10.1 Å². The predicted octanol–water partition coefficient (Wildman–Crippen LogP) is 4.44. The van der Waals surface area contributed by atoms with E-state index in [1.54, 1.807) is 13.2 Å². The fourth-order valence-corrected chi connectivity index (χ4v) is 3.61. The SMILES string of the molecule is COc1cccc(NC2=C(c3ccc(C)cc3)C(=O)N(CCc3ccccc3)C2=O)c1. The molecule has 0 fully saturated rings. The summed E-state index contributed by atoms with van der Waals surface area (Å²) in [5, 5.41) is 3.17. The number of nitrogens with one attached hydrogen (secondary N) is 1. The molecule has 0 unspecified atom stereocenters. The zero-order valence-electron chi connectivity index (χ0n) is 17.6. The Bertz CT molecular complexity index is 1130. The number of ether oxygens (including phenoxy) is 1. The van der Waals surface area contributed by atoms with E-state index in [2.05, 4.69) is 5.32 Å². The van der Waals surface area contributed by atoms with Gasteiger partial charge < -0.3 is 10.1 Å². The third-order valence-corrected chi connectivity index (χ3v) is 5.31. The Morgan fingerprint density at radius 1 is 0.871 bits per heavy atom. The van der Waals surface area contributed by atoms with Gasteiger partial charge in [0, 0.05) is 18.3 Å². The molecule has 1 N–H and O–H groups in total. The molecule has 0 atom stereocenters. The molecule has 3 aromatic carbocycles. The number of benzene rings is 3. The summed E-state index contributed by atoms with van der Waals surface area (Å²) in [7, 11) is 1.59. The van der Waals surface area contributed by atoms with Crippen molar-refractivity contribution in [3.8, 4) is 5.75 Å². The first kappa shape index (κ1) is 20.4. The highest BCUT2D eigenvalue weighted by Crippen LogP contribution is 2.31. The first-order chi connectivity index (χ1) is 15.1. The van der Waals surface area contributed by atoms with Crippen LogP contribution in [0.4, 0.5) is 5.69 Å². The van der Waals surface area contributed by atoms with Gasteiger partial charge in [-0.25, -0.2) is 0 Å². The van der Waals surface area contributed by atoms with Gasteiger partial charge in [0.25, 0.3) is 11.8 Å². The van der Waals surface area contributed by atoms with Crippen LogP contribution in [0.3, 0.4) is 0 Å². The Hall–Kier alpha value is -3.86. The zero-order valence-corrected chi connectivity index (χ0v) is 17.6. The van der Waals surface area contributed by atoms with E-state index < -0.39 is 0 Å². The summed E-state index contributed by atoms with van der Waals surface area (Å²) in [4.78, 5) is 28.0. The summed E-state index contributed by atoms with van der Waals surface area (Å²) >= 11 is 0. The first-order valence-corrected chi connectivity index (χ1v) is 10.2. The van der Waals surface area contributed by atoms with Gasteiger partial charge in [-0.1, -0.05) is 66.2 Å². The highest BCUT2D eigenvalue weighted by Gasteiger charge is 2.38. The number of rotatable bonds is 7. The van der Waals surface area contributed by atoms with Gasteiger partial charge in [0.1, 0.15) is 11.4 Å². The van der Waals surface area contributed by atoms with Crippen molar-refractivity contribution in [3.05, 3.63) is 101 Å². The van der Waals surface area contributed by atoms with Crippen LogP contribution in [0.5, 0.6) is 5.75 Å². The highest BCUT2D eigenvalue weighted by molar-refractivity contribution is 6.36. The molecule has 31 heavy (non-hydrogen) atoms. The summed E-state index contributed by atoms with van der Waals surface area (Å²) in [5.74, 6) is 0.0645. The molecular formula is C26H24N2O3. The first-order valence-electron chi connectivity index (χ1n) is 10.2. The average molecular weight is 412 g/mol. The van der Waals surface area contributed by atoms with E-state index in [-0.39, 0.29) is 17.5 Å². The summed E-state index contributed by atoms with van der Waals surface area (Å²) in [6.45, 7) is 2.31. The highest BCUT2D eigenvalue weighted by atomic mass is 16.5. The molecule has 156 valence electrons. The van der Waals surface area contributed by atoms with Gasteiger partial charge in [0.2, 0.25) is 0 Å². The summed E-state index contributed by atoms with van der Waals surface area (Å²) in [6.07, 6.45) is 0.603. The monoisotopic (exact) mass is 412 g/mol. The fraction of sp³-hybridized carbons (Fsp3) is 0.154. The maximum atomic E-state index is 13.3. The number of carbonyl (C=O) groups is 2.